The van der Waals surface area contributed by atoms with Gasteiger partial charge < -0.3 is 10.5 Å². The van der Waals surface area contributed by atoms with Gasteiger partial charge in [0.2, 0.25) is 5.78 Å². The van der Waals surface area contributed by atoms with E-state index in [1.165, 1.54) is 26.2 Å². The van der Waals surface area contributed by atoms with Crippen molar-refractivity contribution < 1.29 is 14.3 Å². The van der Waals surface area contributed by atoms with Crippen molar-refractivity contribution in [1.82, 2.24) is 0 Å². The number of hydrogen-bond donors (Lipinski definition) is 1. The highest BCUT2D eigenvalue weighted by Gasteiger charge is 2.55. The molecule has 0 atom stereocenters. The number of allylic oxidation sites excluding steroid dienone is 1. The van der Waals surface area contributed by atoms with Gasteiger partial charge in [0.1, 0.15) is 11.6 Å². The van der Waals surface area contributed by atoms with E-state index >= 15 is 0 Å². The molecule has 22 heavy (non-hydrogen) atoms. The fourth-order valence-corrected chi connectivity index (χ4v) is 5.09. The zero-order valence-corrected chi connectivity index (χ0v) is 12.9. The number of ether oxygens (including phenoxy) is 1. The highest BCUT2D eigenvalue weighted by molar-refractivity contribution is 6.01. The van der Waals surface area contributed by atoms with Crippen LogP contribution < -0.4 is 5.73 Å². The number of nitrogens with two attached hydrogens (primary N) is 1. The van der Waals surface area contributed by atoms with E-state index in [1.54, 1.807) is 6.07 Å². The molecule has 0 aliphatic heterocycles. The third-order valence-electron chi connectivity index (χ3n) is 5.59. The maximum absolute atomic E-state index is 12.6. The summed E-state index contributed by atoms with van der Waals surface area (Å²) in [6, 6.07) is 1.77. The topological polar surface area (TPSA) is 93.2 Å². The van der Waals surface area contributed by atoms with Crippen molar-refractivity contribution in [3.05, 3.63) is 11.3 Å². The summed E-state index contributed by atoms with van der Waals surface area (Å²) >= 11 is 0. The van der Waals surface area contributed by atoms with Crippen LogP contribution in [0, 0.1) is 34.5 Å². The van der Waals surface area contributed by atoms with Crippen LogP contribution in [-0.2, 0) is 14.3 Å². The van der Waals surface area contributed by atoms with E-state index in [9.17, 15) is 9.59 Å². The molecule has 2 N–H and O–H groups in total. The first-order valence-corrected chi connectivity index (χ1v) is 8.00. The van der Waals surface area contributed by atoms with E-state index in [2.05, 4.69) is 0 Å². The monoisotopic (exact) mass is 302 g/mol. The molecule has 0 aromatic rings. The Bertz CT molecular complexity index is 546. The minimum absolute atomic E-state index is 0.113. The lowest BCUT2D eigenvalue weighted by Crippen LogP contribution is -2.50. The summed E-state index contributed by atoms with van der Waals surface area (Å²) in [5, 5.41) is 8.91. The zero-order valence-electron chi connectivity index (χ0n) is 12.9. The predicted molar refractivity (Wildman–Crippen MR) is 79.1 cm³/mol. The smallest absolute Gasteiger partial charge is 0.312 e. The standard InChI is InChI=1S/C17H22N2O3/c1-10(19)14(8-18)15(20)9-22-16(21)17-5-11-2-12(6-17)4-13(3-11)7-17/h11-13H,2-7,9,19H2,1H3. The third kappa shape index (κ3) is 2.51. The van der Waals surface area contributed by atoms with Crippen LogP contribution >= 0.6 is 0 Å². The van der Waals surface area contributed by atoms with Gasteiger partial charge in [-0.2, -0.15) is 5.26 Å². The molecule has 0 amide bonds. The molecule has 118 valence electrons. The lowest BCUT2D eigenvalue weighted by atomic mass is 9.49. The number of Topliss-reactive ketones (excluding diaryl/α,β-unsaturated/α-hetero) is 1. The summed E-state index contributed by atoms with van der Waals surface area (Å²) in [4.78, 5) is 24.5. The molecule has 0 aromatic heterocycles. The van der Waals surface area contributed by atoms with Crippen molar-refractivity contribution in [3.63, 3.8) is 0 Å². The highest BCUT2D eigenvalue weighted by Crippen LogP contribution is 2.60. The van der Waals surface area contributed by atoms with Gasteiger partial charge in [0.25, 0.3) is 0 Å². The predicted octanol–water partition coefficient (Wildman–Crippen LogP) is 2.07. The van der Waals surface area contributed by atoms with Crippen molar-refractivity contribution in [2.24, 2.45) is 28.9 Å². The zero-order chi connectivity index (χ0) is 15.9. The van der Waals surface area contributed by atoms with Crippen LogP contribution in [0.25, 0.3) is 0 Å². The second-order valence-electron chi connectivity index (χ2n) is 7.37. The number of carbonyl (C=O) groups excluding carboxylic acids is 2. The minimum Gasteiger partial charge on any atom is -0.457 e. The number of rotatable bonds is 4. The molecule has 0 unspecified atom stereocenters. The number of nitriles is 1. The molecule has 0 saturated heterocycles. The first-order chi connectivity index (χ1) is 10.4. The van der Waals surface area contributed by atoms with Crippen LogP contribution in [0.3, 0.4) is 0 Å². The van der Waals surface area contributed by atoms with Crippen LogP contribution in [-0.4, -0.2) is 18.4 Å². The molecule has 0 spiro atoms. The van der Waals surface area contributed by atoms with Gasteiger partial charge in [-0.25, -0.2) is 0 Å². The summed E-state index contributed by atoms with van der Waals surface area (Å²) < 4.78 is 5.29. The molecule has 4 rings (SSSR count). The quantitative estimate of drug-likeness (QED) is 0.487. The largest absolute Gasteiger partial charge is 0.457 e. The molecule has 0 heterocycles. The Balaban J connectivity index is 1.65. The SMILES string of the molecule is CC(N)=C(C#N)C(=O)COC(=O)C12CC3CC(CC(C3)C1)C2. The lowest BCUT2D eigenvalue weighted by Gasteiger charge is -2.55. The van der Waals surface area contributed by atoms with Gasteiger partial charge in [-0.05, 0) is 63.2 Å². The molecular formula is C17H22N2O3. The fourth-order valence-electron chi connectivity index (χ4n) is 5.09. The molecule has 0 aromatic carbocycles. The summed E-state index contributed by atoms with van der Waals surface area (Å²) in [5.41, 5.74) is 5.18. The molecule has 5 nitrogen and oxygen atoms in total. The average Bonchev–Trinajstić information content (AvgIpc) is 2.43. The summed E-state index contributed by atoms with van der Waals surface area (Å²) in [5.74, 6) is 1.19. The van der Waals surface area contributed by atoms with E-state index in [0.29, 0.717) is 17.8 Å². The second-order valence-corrected chi connectivity index (χ2v) is 7.37. The van der Waals surface area contributed by atoms with Crippen molar-refractivity contribution >= 4 is 11.8 Å². The van der Waals surface area contributed by atoms with E-state index in [1.807, 2.05) is 0 Å². The third-order valence-corrected chi connectivity index (χ3v) is 5.59. The molecule has 5 heteroatoms. The molecule has 4 aliphatic rings. The number of nitrogens with zero attached hydrogens (tertiary/aromatic N) is 1. The second kappa shape index (κ2) is 5.42. The molecule has 4 fully saturated rings. The number of carbonyl (C=O) groups is 2. The van der Waals surface area contributed by atoms with E-state index in [4.69, 9.17) is 15.7 Å². The summed E-state index contributed by atoms with van der Waals surface area (Å²) in [6.07, 6.45) is 6.46. The van der Waals surface area contributed by atoms with Gasteiger partial charge >= 0.3 is 5.97 Å². The van der Waals surface area contributed by atoms with Gasteiger partial charge in [0, 0.05) is 5.70 Å². The normalized spacial score (nSPS) is 36.5. The van der Waals surface area contributed by atoms with Crippen LogP contribution in [0.1, 0.15) is 45.4 Å². The number of hydrogen-bond acceptors (Lipinski definition) is 5. The maximum Gasteiger partial charge on any atom is 0.312 e. The molecular weight excluding hydrogens is 280 g/mol. The highest BCUT2D eigenvalue weighted by atomic mass is 16.5. The van der Waals surface area contributed by atoms with Crippen LogP contribution in [0.15, 0.2) is 11.3 Å². The average molecular weight is 302 g/mol. The van der Waals surface area contributed by atoms with Crippen LogP contribution in [0.4, 0.5) is 0 Å². The summed E-state index contributed by atoms with van der Waals surface area (Å²) in [7, 11) is 0. The lowest BCUT2D eigenvalue weighted by molar-refractivity contribution is -0.172. The Kier molecular flexibility index (Phi) is 3.72. The molecule has 4 saturated carbocycles. The van der Waals surface area contributed by atoms with E-state index in [-0.39, 0.29) is 29.3 Å². The number of ketones is 1. The van der Waals surface area contributed by atoms with Crippen molar-refractivity contribution in [3.8, 4) is 6.07 Å². The Morgan fingerprint density at radius 3 is 2.09 bits per heavy atom. The minimum atomic E-state index is -0.513. The van der Waals surface area contributed by atoms with Gasteiger partial charge in [-0.15, -0.1) is 0 Å². The van der Waals surface area contributed by atoms with Crippen LogP contribution in [0.2, 0.25) is 0 Å². The molecule has 0 radical (unpaired) electrons. The van der Waals surface area contributed by atoms with E-state index in [0.717, 1.165) is 19.3 Å². The first-order valence-electron chi connectivity index (χ1n) is 8.00. The van der Waals surface area contributed by atoms with Crippen molar-refractivity contribution in [1.29, 1.82) is 5.26 Å². The molecule has 4 aliphatic carbocycles. The first kappa shape index (κ1) is 15.1. The molecule has 4 bridgehead atoms. The number of esters is 1. The van der Waals surface area contributed by atoms with Gasteiger partial charge in [-0.3, -0.25) is 9.59 Å². The Morgan fingerprint density at radius 1 is 1.18 bits per heavy atom. The maximum atomic E-state index is 12.6. The Morgan fingerprint density at radius 2 is 1.68 bits per heavy atom. The Hall–Kier alpha value is -1.83. The van der Waals surface area contributed by atoms with Crippen molar-refractivity contribution in [2.75, 3.05) is 6.61 Å². The Labute approximate surface area is 130 Å². The van der Waals surface area contributed by atoms with Gasteiger partial charge in [-0.1, -0.05) is 0 Å². The summed E-state index contributed by atoms with van der Waals surface area (Å²) in [6.45, 7) is 1.12. The van der Waals surface area contributed by atoms with Crippen LogP contribution in [0.5, 0.6) is 0 Å². The van der Waals surface area contributed by atoms with E-state index < -0.39 is 5.78 Å². The van der Waals surface area contributed by atoms with Crippen molar-refractivity contribution in [2.45, 2.75) is 45.4 Å². The fraction of sp³-hybridized carbons (Fsp3) is 0.706. The van der Waals surface area contributed by atoms with Gasteiger partial charge in [0.05, 0.1) is 5.41 Å². The van der Waals surface area contributed by atoms with Gasteiger partial charge in [0.15, 0.2) is 6.61 Å².